The molecule has 0 aliphatic heterocycles. The van der Waals surface area contributed by atoms with Crippen LogP contribution in [0.1, 0.15) is 5.69 Å². The van der Waals surface area contributed by atoms with Gasteiger partial charge in [0.25, 0.3) is 0 Å². The minimum atomic E-state index is 0.128. The van der Waals surface area contributed by atoms with Crippen molar-refractivity contribution in [3.05, 3.63) is 42.2 Å². The molecule has 0 radical (unpaired) electrons. The molecule has 0 bridgehead atoms. The number of aliphatic hydroxyl groups excluding tert-OH is 1. The second-order valence-electron chi connectivity index (χ2n) is 3.31. The first-order valence-electron chi connectivity index (χ1n) is 5.06. The molecule has 5 heteroatoms. The summed E-state index contributed by atoms with van der Waals surface area (Å²) < 4.78 is 3.20. The van der Waals surface area contributed by atoms with E-state index in [1.54, 1.807) is 0 Å². The zero-order chi connectivity index (χ0) is 11.2. The summed E-state index contributed by atoms with van der Waals surface area (Å²) >= 11 is 0.380. The minimum absolute atomic E-state index is 0.128. The molecule has 4 nitrogen and oxygen atoms in total. The maximum atomic E-state index is 8.76. The van der Waals surface area contributed by atoms with Crippen LogP contribution in [0.3, 0.4) is 0 Å². The van der Waals surface area contributed by atoms with Gasteiger partial charge in [0.15, 0.2) is 0 Å². The number of rotatable bonds is 5. The van der Waals surface area contributed by atoms with Gasteiger partial charge in [0, 0.05) is 0 Å². The van der Waals surface area contributed by atoms with Crippen molar-refractivity contribution in [2.45, 2.75) is 11.9 Å². The van der Waals surface area contributed by atoms with Crippen LogP contribution in [0, 0.1) is 0 Å². The molecule has 2 aromatic rings. The molecular weight excluding hydrogens is 269 g/mol. The Hall–Kier alpha value is -1.16. The van der Waals surface area contributed by atoms with Crippen LogP contribution in [0.25, 0.3) is 0 Å². The van der Waals surface area contributed by atoms with Crippen LogP contribution in [0.15, 0.2) is 36.5 Å². The van der Waals surface area contributed by atoms with E-state index in [2.05, 4.69) is 34.6 Å². The maximum absolute atomic E-state index is 8.76. The van der Waals surface area contributed by atoms with E-state index in [1.165, 1.54) is 4.46 Å². The van der Waals surface area contributed by atoms with Crippen molar-refractivity contribution in [1.82, 2.24) is 15.0 Å². The molecule has 0 saturated heterocycles. The van der Waals surface area contributed by atoms with Gasteiger partial charge >= 0.3 is 100 Å². The third kappa shape index (κ3) is 3.17. The van der Waals surface area contributed by atoms with Gasteiger partial charge in [-0.3, -0.25) is 0 Å². The molecule has 0 atom stereocenters. The van der Waals surface area contributed by atoms with E-state index in [0.29, 0.717) is 21.4 Å². The third-order valence-corrected chi connectivity index (χ3v) is 4.16. The molecule has 1 aromatic carbocycles. The van der Waals surface area contributed by atoms with Crippen LogP contribution in [-0.2, 0) is 11.9 Å². The summed E-state index contributed by atoms with van der Waals surface area (Å²) in [5.74, 6) is 0. The Labute approximate surface area is 100 Å². The summed E-state index contributed by atoms with van der Waals surface area (Å²) in [4.78, 5) is 0. The number of benzene rings is 1. The Kier molecular flexibility index (Phi) is 4.10. The number of hydrogen-bond donors (Lipinski definition) is 1. The monoisotopic (exact) mass is 283 g/mol. The van der Waals surface area contributed by atoms with Crippen LogP contribution in [0.5, 0.6) is 0 Å². The molecule has 0 saturated carbocycles. The van der Waals surface area contributed by atoms with Gasteiger partial charge in [-0.2, -0.15) is 0 Å². The second-order valence-corrected chi connectivity index (χ2v) is 5.45. The summed E-state index contributed by atoms with van der Waals surface area (Å²) in [6.07, 6.45) is 2.49. The van der Waals surface area contributed by atoms with E-state index in [1.807, 2.05) is 16.9 Å². The molecule has 1 aromatic heterocycles. The zero-order valence-electron chi connectivity index (χ0n) is 8.78. The van der Waals surface area contributed by atoms with Crippen LogP contribution in [0.2, 0.25) is 0 Å². The van der Waals surface area contributed by atoms with Gasteiger partial charge in [0.2, 0.25) is 0 Å². The van der Waals surface area contributed by atoms with Gasteiger partial charge in [-0.05, 0) is 0 Å². The fraction of sp³-hybridized carbons (Fsp3) is 0.273. The fourth-order valence-electron chi connectivity index (χ4n) is 1.29. The zero-order valence-corrected chi connectivity index (χ0v) is 10.5. The molecule has 84 valence electrons. The summed E-state index contributed by atoms with van der Waals surface area (Å²) in [5, 5.41) is 16.8. The standard InChI is InChI=1S/C11H13N3OSe/c15-7-6-10-8-14(13-12-10)9-16-11-4-2-1-3-5-11/h1-5,8,15H,6-7,9H2. The molecule has 0 amide bonds. The summed E-state index contributed by atoms with van der Waals surface area (Å²) in [5.41, 5.74) is 1.74. The second kappa shape index (κ2) is 5.80. The molecule has 0 aliphatic carbocycles. The third-order valence-electron chi connectivity index (χ3n) is 2.06. The Morgan fingerprint density at radius 2 is 2.06 bits per heavy atom. The van der Waals surface area contributed by atoms with Crippen LogP contribution in [-0.4, -0.2) is 41.7 Å². The number of aromatic nitrogens is 3. The predicted octanol–water partition coefficient (Wildman–Crippen LogP) is -0.200. The van der Waals surface area contributed by atoms with E-state index in [4.69, 9.17) is 5.11 Å². The van der Waals surface area contributed by atoms with E-state index < -0.39 is 0 Å². The van der Waals surface area contributed by atoms with E-state index in [-0.39, 0.29) is 6.61 Å². The Morgan fingerprint density at radius 1 is 1.25 bits per heavy atom. The molecule has 0 fully saturated rings. The van der Waals surface area contributed by atoms with E-state index in [9.17, 15) is 0 Å². The first kappa shape index (κ1) is 11.3. The average Bonchev–Trinajstić information content (AvgIpc) is 2.76. The topological polar surface area (TPSA) is 50.9 Å². The summed E-state index contributed by atoms with van der Waals surface area (Å²) in [6.45, 7) is 0.128. The van der Waals surface area contributed by atoms with Gasteiger partial charge in [-0.1, -0.05) is 0 Å². The van der Waals surface area contributed by atoms with Gasteiger partial charge in [0.05, 0.1) is 0 Å². The first-order valence-corrected chi connectivity index (χ1v) is 7.13. The molecular formula is C11H13N3OSe. The van der Waals surface area contributed by atoms with Crippen molar-refractivity contribution in [2.75, 3.05) is 6.61 Å². The number of nitrogens with zero attached hydrogens (tertiary/aromatic N) is 3. The van der Waals surface area contributed by atoms with E-state index >= 15 is 0 Å². The predicted molar refractivity (Wildman–Crippen MR) is 62.6 cm³/mol. The molecule has 16 heavy (non-hydrogen) atoms. The van der Waals surface area contributed by atoms with Crippen molar-refractivity contribution >= 4 is 19.4 Å². The van der Waals surface area contributed by atoms with Crippen molar-refractivity contribution < 1.29 is 5.11 Å². The molecule has 1 heterocycles. The normalized spacial score (nSPS) is 10.6. The molecule has 0 spiro atoms. The Morgan fingerprint density at radius 3 is 2.81 bits per heavy atom. The summed E-state index contributed by atoms with van der Waals surface area (Å²) in [7, 11) is 0. The fourth-order valence-corrected chi connectivity index (χ4v) is 2.88. The van der Waals surface area contributed by atoms with Gasteiger partial charge in [-0.25, -0.2) is 0 Å². The molecule has 0 aliphatic rings. The van der Waals surface area contributed by atoms with Crippen LogP contribution >= 0.6 is 0 Å². The van der Waals surface area contributed by atoms with E-state index in [0.717, 1.165) is 11.1 Å². The first-order chi connectivity index (χ1) is 7.88. The van der Waals surface area contributed by atoms with Gasteiger partial charge in [0.1, 0.15) is 0 Å². The van der Waals surface area contributed by atoms with Gasteiger partial charge < -0.3 is 0 Å². The van der Waals surface area contributed by atoms with Crippen LogP contribution < -0.4 is 4.46 Å². The number of aliphatic hydroxyl groups is 1. The van der Waals surface area contributed by atoms with Crippen LogP contribution in [0.4, 0.5) is 0 Å². The van der Waals surface area contributed by atoms with Crippen molar-refractivity contribution in [3.63, 3.8) is 0 Å². The van der Waals surface area contributed by atoms with Crippen molar-refractivity contribution in [1.29, 1.82) is 0 Å². The summed E-state index contributed by atoms with van der Waals surface area (Å²) in [6, 6.07) is 10.4. The SMILES string of the molecule is OCCc1cn(C[Se]c2ccccc2)nn1. The Bertz CT molecular complexity index is 430. The molecule has 1 N–H and O–H groups in total. The average molecular weight is 282 g/mol. The van der Waals surface area contributed by atoms with Crippen molar-refractivity contribution in [3.8, 4) is 0 Å². The Balaban J connectivity index is 1.89. The number of hydrogen-bond acceptors (Lipinski definition) is 3. The van der Waals surface area contributed by atoms with Gasteiger partial charge in [-0.15, -0.1) is 0 Å². The molecule has 2 rings (SSSR count). The molecule has 0 unspecified atom stereocenters. The van der Waals surface area contributed by atoms with Crippen molar-refractivity contribution in [2.24, 2.45) is 0 Å². The quantitative estimate of drug-likeness (QED) is 0.773.